The van der Waals surface area contributed by atoms with E-state index in [0.29, 0.717) is 13.2 Å². The minimum Gasteiger partial charge on any atom is -0.373 e. The number of ether oxygens (including phenoxy) is 2. The molecule has 2 nitrogen and oxygen atoms in total. The molecule has 3 rings (SSSR count). The molecule has 0 radical (unpaired) electrons. The van der Waals surface area contributed by atoms with Gasteiger partial charge < -0.3 is 9.47 Å². The van der Waals surface area contributed by atoms with Gasteiger partial charge in [0, 0.05) is 0 Å². The van der Waals surface area contributed by atoms with Gasteiger partial charge in [0.05, 0.1) is 19.3 Å². The molecule has 134 valence electrons. The first-order valence-electron chi connectivity index (χ1n) is 9.72. The third-order valence-corrected chi connectivity index (χ3v) is 4.97. The standard InChI is InChI=1S/C23H30O2/c1-3-5-7-18-8-10-19(11-9-18)20-12-14-21(15-13-20)23-17-24-22(6-4-2)16-25-23/h8-15,22-23H,3-7,16-17H2,1-2H3. The lowest BCUT2D eigenvalue weighted by Gasteiger charge is -2.29. The highest BCUT2D eigenvalue weighted by Crippen LogP contribution is 2.27. The molecule has 1 fully saturated rings. The van der Waals surface area contributed by atoms with Crippen LogP contribution in [-0.2, 0) is 15.9 Å². The van der Waals surface area contributed by atoms with Crippen LogP contribution in [0.1, 0.15) is 56.8 Å². The van der Waals surface area contributed by atoms with Gasteiger partial charge in [-0.1, -0.05) is 75.2 Å². The van der Waals surface area contributed by atoms with Crippen molar-refractivity contribution in [3.05, 3.63) is 59.7 Å². The van der Waals surface area contributed by atoms with Crippen molar-refractivity contribution in [1.29, 1.82) is 0 Å². The van der Waals surface area contributed by atoms with Gasteiger partial charge in [0.2, 0.25) is 0 Å². The Morgan fingerprint density at radius 1 is 0.800 bits per heavy atom. The molecule has 0 aliphatic carbocycles. The molecule has 0 N–H and O–H groups in total. The first kappa shape index (κ1) is 18.2. The molecule has 2 unspecified atom stereocenters. The molecule has 2 heteroatoms. The van der Waals surface area contributed by atoms with Crippen molar-refractivity contribution in [2.24, 2.45) is 0 Å². The number of unbranched alkanes of at least 4 members (excludes halogenated alkanes) is 1. The minimum atomic E-state index is 0.0681. The maximum absolute atomic E-state index is 6.00. The summed E-state index contributed by atoms with van der Waals surface area (Å²) in [5.41, 5.74) is 5.16. The predicted octanol–water partition coefficient (Wildman–Crippen LogP) is 5.95. The SMILES string of the molecule is CCCCc1ccc(-c2ccc(C3COC(CCC)CO3)cc2)cc1. The van der Waals surface area contributed by atoms with Crippen LogP contribution >= 0.6 is 0 Å². The van der Waals surface area contributed by atoms with Crippen LogP contribution < -0.4 is 0 Å². The van der Waals surface area contributed by atoms with Crippen molar-refractivity contribution < 1.29 is 9.47 Å². The fourth-order valence-corrected chi connectivity index (χ4v) is 3.36. The van der Waals surface area contributed by atoms with Crippen LogP contribution in [0.5, 0.6) is 0 Å². The van der Waals surface area contributed by atoms with Crippen LogP contribution in [0.4, 0.5) is 0 Å². The highest BCUT2D eigenvalue weighted by Gasteiger charge is 2.22. The molecule has 0 spiro atoms. The van der Waals surface area contributed by atoms with Crippen LogP contribution in [0, 0.1) is 0 Å². The third-order valence-electron chi connectivity index (χ3n) is 4.97. The first-order valence-corrected chi connectivity index (χ1v) is 9.72. The highest BCUT2D eigenvalue weighted by atomic mass is 16.6. The van der Waals surface area contributed by atoms with E-state index in [-0.39, 0.29) is 12.2 Å². The number of hydrogen-bond donors (Lipinski definition) is 0. The minimum absolute atomic E-state index is 0.0681. The molecule has 1 saturated heterocycles. The Balaban J connectivity index is 1.60. The van der Waals surface area contributed by atoms with E-state index >= 15 is 0 Å². The number of benzene rings is 2. The second-order valence-electron chi connectivity index (χ2n) is 6.99. The third kappa shape index (κ3) is 4.93. The van der Waals surface area contributed by atoms with Crippen LogP contribution in [0.3, 0.4) is 0 Å². The van der Waals surface area contributed by atoms with Gasteiger partial charge in [-0.25, -0.2) is 0 Å². The number of rotatable bonds is 7. The Morgan fingerprint density at radius 2 is 1.48 bits per heavy atom. The summed E-state index contributed by atoms with van der Waals surface area (Å²) in [5, 5.41) is 0. The summed E-state index contributed by atoms with van der Waals surface area (Å²) >= 11 is 0. The maximum Gasteiger partial charge on any atom is 0.106 e. The Morgan fingerprint density at radius 3 is 2.04 bits per heavy atom. The van der Waals surface area contributed by atoms with Crippen molar-refractivity contribution in [1.82, 2.24) is 0 Å². The summed E-state index contributed by atoms with van der Waals surface area (Å²) in [7, 11) is 0. The van der Waals surface area contributed by atoms with E-state index in [1.54, 1.807) is 0 Å². The van der Waals surface area contributed by atoms with Crippen LogP contribution in [0.15, 0.2) is 48.5 Å². The van der Waals surface area contributed by atoms with Gasteiger partial charge in [-0.05, 0) is 41.5 Å². The normalized spacial score (nSPS) is 20.6. The van der Waals surface area contributed by atoms with Crippen molar-refractivity contribution in [2.45, 2.75) is 58.2 Å². The molecule has 0 aromatic heterocycles. The van der Waals surface area contributed by atoms with Crippen molar-refractivity contribution in [2.75, 3.05) is 13.2 Å². The molecular weight excluding hydrogens is 308 g/mol. The summed E-state index contributed by atoms with van der Waals surface area (Å²) in [6, 6.07) is 17.7. The molecule has 1 aliphatic rings. The largest absolute Gasteiger partial charge is 0.373 e. The van der Waals surface area contributed by atoms with E-state index in [1.165, 1.54) is 41.5 Å². The fourth-order valence-electron chi connectivity index (χ4n) is 3.36. The van der Waals surface area contributed by atoms with Gasteiger partial charge >= 0.3 is 0 Å². The summed E-state index contributed by atoms with van der Waals surface area (Å²) in [6.45, 7) is 5.79. The van der Waals surface area contributed by atoms with Gasteiger partial charge in [0.15, 0.2) is 0 Å². The van der Waals surface area contributed by atoms with Crippen molar-refractivity contribution in [3.8, 4) is 11.1 Å². The quantitative estimate of drug-likeness (QED) is 0.621. The van der Waals surface area contributed by atoms with Crippen molar-refractivity contribution >= 4 is 0 Å². The summed E-state index contributed by atoms with van der Waals surface area (Å²) in [4.78, 5) is 0. The average Bonchev–Trinajstić information content (AvgIpc) is 2.68. The lowest BCUT2D eigenvalue weighted by atomic mass is 9.99. The van der Waals surface area contributed by atoms with Crippen LogP contribution in [0.25, 0.3) is 11.1 Å². The van der Waals surface area contributed by atoms with E-state index < -0.39 is 0 Å². The zero-order valence-electron chi connectivity index (χ0n) is 15.5. The number of hydrogen-bond acceptors (Lipinski definition) is 2. The molecule has 1 aliphatic heterocycles. The fraction of sp³-hybridized carbons (Fsp3) is 0.478. The molecule has 2 aromatic rings. The average molecular weight is 338 g/mol. The second kappa shape index (κ2) is 9.17. The summed E-state index contributed by atoms with van der Waals surface area (Å²) in [6.07, 6.45) is 6.25. The van der Waals surface area contributed by atoms with E-state index in [0.717, 1.165) is 12.8 Å². The van der Waals surface area contributed by atoms with Crippen LogP contribution in [-0.4, -0.2) is 19.3 Å². The van der Waals surface area contributed by atoms with Gasteiger partial charge in [-0.2, -0.15) is 0 Å². The van der Waals surface area contributed by atoms with Gasteiger partial charge in [0.25, 0.3) is 0 Å². The maximum atomic E-state index is 6.00. The molecule has 0 bridgehead atoms. The van der Waals surface area contributed by atoms with Crippen LogP contribution in [0.2, 0.25) is 0 Å². The Labute approximate surface area is 152 Å². The molecular formula is C23H30O2. The predicted molar refractivity (Wildman–Crippen MR) is 104 cm³/mol. The first-order chi connectivity index (χ1) is 12.3. The van der Waals surface area contributed by atoms with E-state index in [2.05, 4.69) is 62.4 Å². The van der Waals surface area contributed by atoms with E-state index in [4.69, 9.17) is 9.47 Å². The lowest BCUT2D eigenvalue weighted by Crippen LogP contribution is -2.30. The van der Waals surface area contributed by atoms with Gasteiger partial charge in [-0.15, -0.1) is 0 Å². The summed E-state index contributed by atoms with van der Waals surface area (Å²) in [5.74, 6) is 0. The molecule has 0 amide bonds. The van der Waals surface area contributed by atoms with Gasteiger partial charge in [-0.3, -0.25) is 0 Å². The van der Waals surface area contributed by atoms with E-state index in [1.807, 2.05) is 0 Å². The van der Waals surface area contributed by atoms with Gasteiger partial charge in [0.1, 0.15) is 6.10 Å². The van der Waals surface area contributed by atoms with Crippen molar-refractivity contribution in [3.63, 3.8) is 0 Å². The second-order valence-corrected chi connectivity index (χ2v) is 6.99. The smallest absolute Gasteiger partial charge is 0.106 e. The Kier molecular flexibility index (Phi) is 6.66. The Bertz CT molecular complexity index is 622. The molecule has 25 heavy (non-hydrogen) atoms. The zero-order chi connectivity index (χ0) is 17.5. The molecule has 1 heterocycles. The Hall–Kier alpha value is -1.64. The molecule has 0 saturated carbocycles. The molecule has 2 atom stereocenters. The number of aryl methyl sites for hydroxylation is 1. The monoisotopic (exact) mass is 338 g/mol. The molecule has 2 aromatic carbocycles. The summed E-state index contributed by atoms with van der Waals surface area (Å²) < 4.78 is 11.9. The zero-order valence-corrected chi connectivity index (χ0v) is 15.5. The highest BCUT2D eigenvalue weighted by molar-refractivity contribution is 5.64. The lowest BCUT2D eigenvalue weighted by molar-refractivity contribution is -0.137. The topological polar surface area (TPSA) is 18.5 Å². The van der Waals surface area contributed by atoms with E-state index in [9.17, 15) is 0 Å².